The summed E-state index contributed by atoms with van der Waals surface area (Å²) in [5.74, 6) is -0.581. The topological polar surface area (TPSA) is 66.6 Å². The zero-order chi connectivity index (χ0) is 19.6. The quantitative estimate of drug-likeness (QED) is 0.395. The number of aryl methyl sites for hydroxylation is 1. The zero-order valence-corrected chi connectivity index (χ0v) is 17.9. The van der Waals surface area contributed by atoms with Crippen molar-refractivity contribution in [2.45, 2.75) is 13.8 Å². The van der Waals surface area contributed by atoms with Gasteiger partial charge in [-0.15, -0.1) is 0 Å². The maximum Gasteiger partial charge on any atom is 0.275 e. The van der Waals surface area contributed by atoms with Crippen LogP contribution < -0.4 is 5.43 Å². The number of hydrogen-bond donors (Lipinski definition) is 2. The van der Waals surface area contributed by atoms with Crippen LogP contribution in [0.15, 0.2) is 62.6 Å². The molecule has 0 fully saturated rings. The van der Waals surface area contributed by atoms with Crippen LogP contribution in [0.3, 0.4) is 0 Å². The molecule has 2 N–H and O–H groups in total. The van der Waals surface area contributed by atoms with E-state index >= 15 is 0 Å². The van der Waals surface area contributed by atoms with E-state index in [1.54, 1.807) is 18.3 Å². The highest BCUT2D eigenvalue weighted by Crippen LogP contribution is 2.26. The van der Waals surface area contributed by atoms with E-state index in [4.69, 9.17) is 0 Å². The number of benzene rings is 2. The second kappa shape index (κ2) is 8.10. The number of nitrogens with one attached hydrogen (secondary N) is 1. The molecule has 0 aliphatic rings. The first-order valence-corrected chi connectivity index (χ1v) is 9.73. The summed E-state index contributed by atoms with van der Waals surface area (Å²) in [6.45, 7) is 4.01. The maximum atomic E-state index is 12.2. The summed E-state index contributed by atoms with van der Waals surface area (Å²) in [7, 11) is 0. The minimum atomic E-state index is -0.482. The number of rotatable bonds is 4. The second-order valence-corrected chi connectivity index (χ2v) is 7.74. The minimum Gasteiger partial charge on any atom is -0.507 e. The number of halogens is 2. The summed E-state index contributed by atoms with van der Waals surface area (Å²) in [5, 5.41) is 13.9. The van der Waals surface area contributed by atoms with Gasteiger partial charge >= 0.3 is 0 Å². The molecular weight excluding hydrogens is 474 g/mol. The molecule has 2 aromatic carbocycles. The van der Waals surface area contributed by atoms with Gasteiger partial charge in [-0.05, 0) is 66.2 Å². The summed E-state index contributed by atoms with van der Waals surface area (Å²) in [4.78, 5) is 12.2. The lowest BCUT2D eigenvalue weighted by Crippen LogP contribution is -2.17. The summed E-state index contributed by atoms with van der Waals surface area (Å²) in [6.07, 6.45) is 1.60. The monoisotopic (exact) mass is 489 g/mol. The van der Waals surface area contributed by atoms with Gasteiger partial charge in [0.05, 0.1) is 17.5 Å². The molecular formula is C20H17Br2N3O2. The van der Waals surface area contributed by atoms with Crippen molar-refractivity contribution in [3.8, 4) is 11.4 Å². The summed E-state index contributed by atoms with van der Waals surface area (Å²) in [5.41, 5.74) is 6.59. The fraction of sp³-hybridized carbons (Fsp3) is 0.100. The third-order valence-corrected chi connectivity index (χ3v) is 5.30. The average Bonchev–Trinajstić information content (AvgIpc) is 2.91. The molecule has 3 rings (SSSR count). The lowest BCUT2D eigenvalue weighted by Gasteiger charge is -2.11. The summed E-state index contributed by atoms with van der Waals surface area (Å²) < 4.78 is 3.81. The van der Waals surface area contributed by atoms with Crippen molar-refractivity contribution >= 4 is 44.0 Å². The van der Waals surface area contributed by atoms with E-state index in [1.165, 1.54) is 6.07 Å². The van der Waals surface area contributed by atoms with Gasteiger partial charge in [0.25, 0.3) is 5.91 Å². The number of para-hydroxylation sites is 1. The van der Waals surface area contributed by atoms with E-state index in [-0.39, 0.29) is 11.3 Å². The number of aromatic nitrogens is 1. The highest BCUT2D eigenvalue weighted by atomic mass is 79.9. The Morgan fingerprint density at radius 3 is 2.63 bits per heavy atom. The highest BCUT2D eigenvalue weighted by Gasteiger charge is 2.13. The number of carbonyl (C=O) groups excluding carboxylic acids is 1. The van der Waals surface area contributed by atoms with Gasteiger partial charge in [0.1, 0.15) is 5.75 Å². The number of aromatic hydroxyl groups is 1. The van der Waals surface area contributed by atoms with Crippen LogP contribution in [0.5, 0.6) is 5.75 Å². The molecule has 0 unspecified atom stereocenters. The average molecular weight is 491 g/mol. The Kier molecular flexibility index (Phi) is 5.82. The van der Waals surface area contributed by atoms with E-state index in [1.807, 2.05) is 44.2 Å². The van der Waals surface area contributed by atoms with E-state index in [0.29, 0.717) is 4.47 Å². The fourth-order valence-corrected chi connectivity index (χ4v) is 3.66. The largest absolute Gasteiger partial charge is 0.507 e. The number of carbonyl (C=O) groups is 1. The van der Waals surface area contributed by atoms with E-state index in [2.05, 4.69) is 47.0 Å². The lowest BCUT2D eigenvalue weighted by atomic mass is 10.2. The van der Waals surface area contributed by atoms with Crippen LogP contribution in [0, 0.1) is 13.8 Å². The van der Waals surface area contributed by atoms with Crippen molar-refractivity contribution in [1.29, 1.82) is 0 Å². The molecule has 27 heavy (non-hydrogen) atoms. The van der Waals surface area contributed by atoms with Crippen molar-refractivity contribution in [2.24, 2.45) is 5.10 Å². The van der Waals surface area contributed by atoms with E-state index in [0.717, 1.165) is 27.1 Å². The van der Waals surface area contributed by atoms with Crippen molar-refractivity contribution in [3.05, 3.63) is 80.0 Å². The van der Waals surface area contributed by atoms with Crippen LogP contribution in [0.25, 0.3) is 5.69 Å². The van der Waals surface area contributed by atoms with Gasteiger partial charge < -0.3 is 9.67 Å². The van der Waals surface area contributed by atoms with Crippen LogP contribution in [0.1, 0.15) is 27.3 Å². The normalized spacial score (nSPS) is 11.1. The predicted molar refractivity (Wildman–Crippen MR) is 114 cm³/mol. The molecule has 7 heteroatoms. The van der Waals surface area contributed by atoms with E-state index < -0.39 is 5.91 Å². The molecule has 1 amide bonds. The number of nitrogens with zero attached hydrogens (tertiary/aromatic N) is 2. The summed E-state index contributed by atoms with van der Waals surface area (Å²) >= 11 is 6.86. The first-order valence-electron chi connectivity index (χ1n) is 8.14. The third kappa shape index (κ3) is 4.14. The highest BCUT2D eigenvalue weighted by molar-refractivity contribution is 9.10. The van der Waals surface area contributed by atoms with Crippen LogP contribution in [-0.2, 0) is 0 Å². The summed E-state index contributed by atoms with van der Waals surface area (Å²) in [6, 6.07) is 14.6. The lowest BCUT2D eigenvalue weighted by molar-refractivity contribution is 0.0952. The molecule has 1 aromatic heterocycles. The second-order valence-electron chi connectivity index (χ2n) is 5.97. The molecule has 0 bridgehead atoms. The van der Waals surface area contributed by atoms with Gasteiger partial charge in [0.2, 0.25) is 0 Å². The number of amides is 1. The van der Waals surface area contributed by atoms with Crippen molar-refractivity contribution in [2.75, 3.05) is 0 Å². The first-order chi connectivity index (χ1) is 12.9. The van der Waals surface area contributed by atoms with Crippen LogP contribution in [-0.4, -0.2) is 21.8 Å². The van der Waals surface area contributed by atoms with Crippen molar-refractivity contribution in [1.82, 2.24) is 9.99 Å². The Morgan fingerprint density at radius 2 is 1.89 bits per heavy atom. The van der Waals surface area contributed by atoms with Crippen LogP contribution in [0.4, 0.5) is 0 Å². The number of phenols is 1. The third-order valence-electron chi connectivity index (χ3n) is 4.14. The number of hydrazone groups is 1. The van der Waals surface area contributed by atoms with Crippen molar-refractivity contribution in [3.63, 3.8) is 0 Å². The molecule has 0 atom stereocenters. The Balaban J connectivity index is 1.82. The fourth-order valence-electron chi connectivity index (χ4n) is 2.83. The smallest absolute Gasteiger partial charge is 0.275 e. The maximum absolute atomic E-state index is 12.2. The number of hydrogen-bond acceptors (Lipinski definition) is 3. The van der Waals surface area contributed by atoms with E-state index in [9.17, 15) is 9.90 Å². The van der Waals surface area contributed by atoms with Gasteiger partial charge in [0.15, 0.2) is 0 Å². The van der Waals surface area contributed by atoms with Crippen LogP contribution in [0.2, 0.25) is 0 Å². The number of phenolic OH excluding ortho intramolecular Hbond substituents is 1. The standard InChI is InChI=1S/C20H17Br2N3O2/c1-12-9-14(13(2)25(12)18-6-4-3-5-17(18)22)11-23-24-20(27)16-10-15(21)7-8-19(16)26/h3-11,26H,1-2H3,(H,24,27)/b23-11-. The molecule has 3 aromatic rings. The predicted octanol–water partition coefficient (Wildman–Crippen LogP) is 5.09. The zero-order valence-electron chi connectivity index (χ0n) is 14.7. The molecule has 0 aliphatic carbocycles. The molecule has 0 saturated carbocycles. The molecule has 1 heterocycles. The molecule has 0 aliphatic heterocycles. The van der Waals surface area contributed by atoms with Crippen molar-refractivity contribution < 1.29 is 9.90 Å². The molecule has 5 nitrogen and oxygen atoms in total. The van der Waals surface area contributed by atoms with Crippen LogP contribution >= 0.6 is 31.9 Å². The Morgan fingerprint density at radius 1 is 1.15 bits per heavy atom. The molecule has 0 radical (unpaired) electrons. The van der Waals surface area contributed by atoms with Gasteiger partial charge in [-0.3, -0.25) is 4.79 Å². The molecule has 138 valence electrons. The molecule has 0 saturated heterocycles. The minimum absolute atomic E-state index is 0.0991. The Hall–Kier alpha value is -2.38. The van der Waals surface area contributed by atoms with Gasteiger partial charge in [-0.25, -0.2) is 5.43 Å². The van der Waals surface area contributed by atoms with Gasteiger partial charge in [0, 0.05) is 25.9 Å². The first kappa shape index (κ1) is 19.4. The Labute approximate surface area is 174 Å². The Bertz CT molecular complexity index is 1040. The SMILES string of the molecule is Cc1cc(/C=N\NC(=O)c2cc(Br)ccc2O)c(C)n1-c1ccccc1Br. The van der Waals surface area contributed by atoms with Gasteiger partial charge in [-0.2, -0.15) is 5.10 Å². The molecule has 0 spiro atoms. The van der Waals surface area contributed by atoms with Gasteiger partial charge in [-0.1, -0.05) is 28.1 Å².